The van der Waals surface area contributed by atoms with Gasteiger partial charge in [-0.25, -0.2) is 4.98 Å². The molecule has 15 heavy (non-hydrogen) atoms. The lowest BCUT2D eigenvalue weighted by Crippen LogP contribution is -2.41. The molecule has 0 amide bonds. The molecule has 0 radical (unpaired) electrons. The van der Waals surface area contributed by atoms with Gasteiger partial charge < -0.3 is 10.3 Å². The monoisotopic (exact) mass is 201 g/mol. The van der Waals surface area contributed by atoms with Crippen molar-refractivity contribution in [3.63, 3.8) is 0 Å². The van der Waals surface area contributed by atoms with Gasteiger partial charge in [-0.1, -0.05) is 12.1 Å². The molecule has 3 rings (SSSR count). The van der Waals surface area contributed by atoms with Crippen LogP contribution in [0.4, 0.5) is 5.95 Å². The number of imidazole rings is 1. The van der Waals surface area contributed by atoms with Gasteiger partial charge in [0.15, 0.2) is 0 Å². The van der Waals surface area contributed by atoms with E-state index in [0.717, 1.165) is 17.0 Å². The number of benzene rings is 1. The minimum atomic E-state index is 0.258. The van der Waals surface area contributed by atoms with Crippen LogP contribution in [-0.2, 0) is 0 Å². The lowest BCUT2D eigenvalue weighted by Gasteiger charge is -2.38. The Balaban J connectivity index is 1.91. The molecule has 1 fully saturated rings. The Morgan fingerprint density at radius 2 is 2.13 bits per heavy atom. The number of aromatic nitrogens is 2. The number of nitrogens with zero attached hydrogens (tertiary/aromatic N) is 1. The lowest BCUT2D eigenvalue weighted by molar-refractivity contribution is 0.305. The number of aromatic amines is 1. The van der Waals surface area contributed by atoms with E-state index in [1.165, 1.54) is 19.3 Å². The second-order valence-corrected chi connectivity index (χ2v) is 4.64. The van der Waals surface area contributed by atoms with Crippen LogP contribution >= 0.6 is 0 Å². The van der Waals surface area contributed by atoms with E-state index < -0.39 is 0 Å². The van der Waals surface area contributed by atoms with E-state index >= 15 is 0 Å². The third kappa shape index (κ3) is 1.48. The molecule has 2 aromatic rings. The molecule has 1 aromatic heterocycles. The number of hydrogen-bond donors (Lipinski definition) is 2. The van der Waals surface area contributed by atoms with Crippen LogP contribution in [0.5, 0.6) is 0 Å². The first-order valence-corrected chi connectivity index (χ1v) is 5.48. The highest BCUT2D eigenvalue weighted by Crippen LogP contribution is 2.34. The highest BCUT2D eigenvalue weighted by atomic mass is 15.2. The number of nitrogens with one attached hydrogen (secondary N) is 2. The first-order valence-electron chi connectivity index (χ1n) is 5.48. The quantitative estimate of drug-likeness (QED) is 0.784. The molecular formula is C12H15N3. The molecule has 0 unspecified atom stereocenters. The number of hydrogen-bond acceptors (Lipinski definition) is 2. The molecule has 1 heterocycles. The fourth-order valence-corrected chi connectivity index (χ4v) is 2.13. The fraction of sp³-hybridized carbons (Fsp3) is 0.417. The maximum Gasteiger partial charge on any atom is 0.201 e. The summed E-state index contributed by atoms with van der Waals surface area (Å²) in [5, 5.41) is 3.48. The molecule has 2 N–H and O–H groups in total. The molecule has 3 nitrogen and oxygen atoms in total. The minimum absolute atomic E-state index is 0.258. The summed E-state index contributed by atoms with van der Waals surface area (Å²) in [5.74, 6) is 0.901. The van der Waals surface area contributed by atoms with Gasteiger partial charge in [0, 0.05) is 5.54 Å². The molecule has 3 heteroatoms. The molecule has 0 aliphatic heterocycles. The number of para-hydroxylation sites is 2. The van der Waals surface area contributed by atoms with Gasteiger partial charge in [0.05, 0.1) is 11.0 Å². The van der Waals surface area contributed by atoms with Gasteiger partial charge >= 0.3 is 0 Å². The van der Waals surface area contributed by atoms with Crippen molar-refractivity contribution in [2.24, 2.45) is 0 Å². The van der Waals surface area contributed by atoms with E-state index in [4.69, 9.17) is 0 Å². The van der Waals surface area contributed by atoms with E-state index in [-0.39, 0.29) is 5.54 Å². The largest absolute Gasteiger partial charge is 0.351 e. The molecule has 0 saturated heterocycles. The van der Waals surface area contributed by atoms with Gasteiger partial charge in [0.2, 0.25) is 5.95 Å². The third-order valence-corrected chi connectivity index (χ3v) is 3.27. The van der Waals surface area contributed by atoms with E-state index in [0.29, 0.717) is 0 Å². The van der Waals surface area contributed by atoms with Crippen LogP contribution in [0.2, 0.25) is 0 Å². The summed E-state index contributed by atoms with van der Waals surface area (Å²) in [7, 11) is 0. The highest BCUT2D eigenvalue weighted by Gasteiger charge is 2.32. The summed E-state index contributed by atoms with van der Waals surface area (Å²) in [6, 6.07) is 8.12. The van der Waals surface area contributed by atoms with E-state index in [1.54, 1.807) is 0 Å². The minimum Gasteiger partial charge on any atom is -0.351 e. The number of H-pyrrole nitrogens is 1. The van der Waals surface area contributed by atoms with Gasteiger partial charge in [-0.2, -0.15) is 0 Å². The van der Waals surface area contributed by atoms with Gasteiger partial charge in [-0.15, -0.1) is 0 Å². The van der Waals surface area contributed by atoms with Crippen molar-refractivity contribution in [2.45, 2.75) is 31.7 Å². The maximum atomic E-state index is 4.51. The summed E-state index contributed by atoms with van der Waals surface area (Å²) >= 11 is 0. The average molecular weight is 201 g/mol. The molecule has 1 aromatic carbocycles. The van der Waals surface area contributed by atoms with Crippen LogP contribution in [0.1, 0.15) is 26.2 Å². The zero-order valence-corrected chi connectivity index (χ0v) is 8.88. The normalized spacial score (nSPS) is 18.7. The molecule has 1 aliphatic carbocycles. The van der Waals surface area contributed by atoms with Crippen LogP contribution in [0.3, 0.4) is 0 Å². The summed E-state index contributed by atoms with van der Waals surface area (Å²) < 4.78 is 0. The molecule has 0 atom stereocenters. The number of rotatable bonds is 2. The second kappa shape index (κ2) is 2.99. The van der Waals surface area contributed by atoms with Crippen molar-refractivity contribution < 1.29 is 0 Å². The Hall–Kier alpha value is -1.51. The summed E-state index contributed by atoms with van der Waals surface area (Å²) in [5.41, 5.74) is 2.39. The Labute approximate surface area is 88.9 Å². The van der Waals surface area contributed by atoms with Gasteiger partial charge in [-0.05, 0) is 38.3 Å². The third-order valence-electron chi connectivity index (χ3n) is 3.27. The first kappa shape index (κ1) is 8.77. The van der Waals surface area contributed by atoms with Gasteiger partial charge in [0.1, 0.15) is 0 Å². The Kier molecular flexibility index (Phi) is 1.75. The fourth-order valence-electron chi connectivity index (χ4n) is 2.13. The smallest absolute Gasteiger partial charge is 0.201 e. The first-order chi connectivity index (χ1) is 7.25. The molecule has 1 aliphatic rings. The maximum absolute atomic E-state index is 4.51. The zero-order valence-electron chi connectivity index (χ0n) is 8.88. The number of anilines is 1. The van der Waals surface area contributed by atoms with E-state index in [2.05, 4.69) is 28.3 Å². The van der Waals surface area contributed by atoms with Crippen LogP contribution in [0.25, 0.3) is 11.0 Å². The van der Waals surface area contributed by atoms with Crippen LogP contribution < -0.4 is 5.32 Å². The molecule has 78 valence electrons. The topological polar surface area (TPSA) is 40.7 Å². The lowest BCUT2D eigenvalue weighted by atomic mass is 9.79. The van der Waals surface area contributed by atoms with Crippen LogP contribution in [0, 0.1) is 0 Å². The van der Waals surface area contributed by atoms with Crippen molar-refractivity contribution >= 4 is 17.0 Å². The summed E-state index contributed by atoms with van der Waals surface area (Å²) in [4.78, 5) is 7.81. The Morgan fingerprint density at radius 3 is 2.80 bits per heavy atom. The SMILES string of the molecule is CC1(Nc2nc3ccccc3[nH]2)CCC1. The number of fused-ring (bicyclic) bond motifs is 1. The van der Waals surface area contributed by atoms with Crippen molar-refractivity contribution in [1.82, 2.24) is 9.97 Å². The predicted molar refractivity (Wildman–Crippen MR) is 62.0 cm³/mol. The van der Waals surface area contributed by atoms with Crippen molar-refractivity contribution in [1.29, 1.82) is 0 Å². The van der Waals surface area contributed by atoms with Crippen molar-refractivity contribution in [2.75, 3.05) is 5.32 Å². The zero-order chi connectivity index (χ0) is 10.3. The molecule has 0 bridgehead atoms. The summed E-state index contributed by atoms with van der Waals surface area (Å²) in [6.07, 6.45) is 3.80. The van der Waals surface area contributed by atoms with Crippen molar-refractivity contribution in [3.8, 4) is 0 Å². The molecule has 0 spiro atoms. The van der Waals surface area contributed by atoms with Gasteiger partial charge in [0.25, 0.3) is 0 Å². The average Bonchev–Trinajstić information content (AvgIpc) is 2.57. The van der Waals surface area contributed by atoms with Crippen LogP contribution in [-0.4, -0.2) is 15.5 Å². The Bertz CT molecular complexity index is 449. The Morgan fingerprint density at radius 1 is 1.33 bits per heavy atom. The second-order valence-electron chi connectivity index (χ2n) is 4.64. The van der Waals surface area contributed by atoms with Crippen LogP contribution in [0.15, 0.2) is 24.3 Å². The highest BCUT2D eigenvalue weighted by molar-refractivity contribution is 5.77. The summed E-state index contributed by atoms with van der Waals surface area (Å²) in [6.45, 7) is 2.25. The van der Waals surface area contributed by atoms with E-state index in [1.807, 2.05) is 18.2 Å². The standard InChI is InChI=1S/C12H15N3/c1-12(7-4-8-12)15-11-13-9-5-2-3-6-10(9)14-11/h2-3,5-6H,4,7-8H2,1H3,(H2,13,14,15). The molecule has 1 saturated carbocycles. The van der Waals surface area contributed by atoms with Gasteiger partial charge in [-0.3, -0.25) is 0 Å². The molecular weight excluding hydrogens is 186 g/mol. The van der Waals surface area contributed by atoms with E-state index in [9.17, 15) is 0 Å². The predicted octanol–water partition coefficient (Wildman–Crippen LogP) is 2.92. The van der Waals surface area contributed by atoms with Crippen molar-refractivity contribution in [3.05, 3.63) is 24.3 Å².